The van der Waals surface area contributed by atoms with Gasteiger partial charge in [-0.1, -0.05) is 18.2 Å². The van der Waals surface area contributed by atoms with Gasteiger partial charge in [-0.25, -0.2) is 4.79 Å². The number of hydrogen-bond donors (Lipinski definition) is 0. The summed E-state index contributed by atoms with van der Waals surface area (Å²) in [5.74, 6) is -0.0142. The maximum absolute atomic E-state index is 13.0. The van der Waals surface area contributed by atoms with Crippen molar-refractivity contribution in [1.29, 1.82) is 0 Å². The van der Waals surface area contributed by atoms with E-state index in [0.29, 0.717) is 36.7 Å². The summed E-state index contributed by atoms with van der Waals surface area (Å²) in [4.78, 5) is 38.8. The molecular formula is C27H28INO6S. The minimum absolute atomic E-state index is 0.166. The number of benzene rings is 2. The number of allylic oxidation sites excluding steroid dienone is 1. The third-order valence-corrected chi connectivity index (χ3v) is 6.85. The van der Waals surface area contributed by atoms with Gasteiger partial charge in [0.1, 0.15) is 12.6 Å². The number of imide groups is 1. The van der Waals surface area contributed by atoms with Crippen LogP contribution in [0.3, 0.4) is 0 Å². The highest BCUT2D eigenvalue weighted by molar-refractivity contribution is 14.1. The van der Waals surface area contributed by atoms with Crippen LogP contribution in [0.5, 0.6) is 11.5 Å². The molecule has 1 saturated heterocycles. The maximum atomic E-state index is 13.0. The Hall–Kier alpha value is -2.79. The van der Waals surface area contributed by atoms with Crippen LogP contribution in [0.4, 0.5) is 4.79 Å². The second-order valence-electron chi connectivity index (χ2n) is 7.83. The van der Waals surface area contributed by atoms with Crippen molar-refractivity contribution in [2.75, 3.05) is 13.2 Å². The summed E-state index contributed by atoms with van der Waals surface area (Å²) in [6, 6.07) is 10.7. The number of ether oxygens (including phenoxy) is 3. The van der Waals surface area contributed by atoms with E-state index in [9.17, 15) is 14.4 Å². The van der Waals surface area contributed by atoms with E-state index in [2.05, 4.69) is 29.2 Å². The highest BCUT2D eigenvalue weighted by atomic mass is 127. The fraction of sp³-hybridized carbons (Fsp3) is 0.296. The lowest BCUT2D eigenvalue weighted by Gasteiger charge is -2.19. The molecular weight excluding hydrogens is 593 g/mol. The molecule has 9 heteroatoms. The van der Waals surface area contributed by atoms with E-state index >= 15 is 0 Å². The van der Waals surface area contributed by atoms with Gasteiger partial charge >= 0.3 is 5.97 Å². The molecule has 1 aliphatic heterocycles. The van der Waals surface area contributed by atoms with Gasteiger partial charge < -0.3 is 14.2 Å². The topological polar surface area (TPSA) is 82.1 Å². The first-order chi connectivity index (χ1) is 17.3. The first-order valence-corrected chi connectivity index (χ1v) is 13.4. The van der Waals surface area contributed by atoms with Gasteiger partial charge in [0, 0.05) is 9.13 Å². The molecule has 0 N–H and O–H groups in total. The summed E-state index contributed by atoms with van der Waals surface area (Å²) in [5.41, 5.74) is 2.54. The quantitative estimate of drug-likeness (QED) is 0.132. The van der Waals surface area contributed by atoms with E-state index in [1.54, 1.807) is 25.1 Å². The molecule has 0 aliphatic carbocycles. The summed E-state index contributed by atoms with van der Waals surface area (Å²) in [6.45, 7) is 9.83. The van der Waals surface area contributed by atoms with Gasteiger partial charge in [-0.2, -0.15) is 0 Å². The van der Waals surface area contributed by atoms with Crippen LogP contribution in [-0.2, 0) is 27.4 Å². The van der Waals surface area contributed by atoms with Crippen LogP contribution in [0.2, 0.25) is 0 Å². The summed E-state index contributed by atoms with van der Waals surface area (Å²) in [5, 5.41) is -0.513. The molecule has 1 aliphatic rings. The summed E-state index contributed by atoms with van der Waals surface area (Å²) >= 11 is 3.05. The molecule has 2 aromatic rings. The Morgan fingerprint density at radius 2 is 1.86 bits per heavy atom. The SMILES string of the molecule is C=CCc1cc(/C=C2/SC(=O)N([C@@H](C)C(=O)OCC)C2=O)cc(OCC)c1OCc1ccc(I)cc1. The number of hydrogen-bond acceptors (Lipinski definition) is 7. The first kappa shape index (κ1) is 27.8. The molecule has 1 heterocycles. The largest absolute Gasteiger partial charge is 0.490 e. The van der Waals surface area contributed by atoms with Crippen LogP contribution in [0, 0.1) is 3.57 Å². The molecule has 0 spiro atoms. The average Bonchev–Trinajstić information content (AvgIpc) is 3.12. The Kier molecular flexibility index (Phi) is 10.0. The van der Waals surface area contributed by atoms with E-state index in [4.69, 9.17) is 14.2 Å². The minimum atomic E-state index is -1.00. The molecule has 1 atom stereocenters. The molecule has 2 amide bonds. The van der Waals surface area contributed by atoms with Crippen molar-refractivity contribution in [3.05, 3.63) is 74.2 Å². The van der Waals surface area contributed by atoms with Gasteiger partial charge in [-0.05, 0) is 103 Å². The number of esters is 1. The lowest BCUT2D eigenvalue weighted by Crippen LogP contribution is -2.42. The third kappa shape index (κ3) is 6.70. The van der Waals surface area contributed by atoms with Crippen LogP contribution in [0.25, 0.3) is 6.08 Å². The van der Waals surface area contributed by atoms with Crippen LogP contribution >= 0.6 is 34.4 Å². The van der Waals surface area contributed by atoms with E-state index in [1.165, 1.54) is 6.92 Å². The number of carbonyl (C=O) groups excluding carboxylic acids is 3. The molecule has 0 bridgehead atoms. The third-order valence-electron chi connectivity index (χ3n) is 5.25. The van der Waals surface area contributed by atoms with Gasteiger partial charge in [-0.15, -0.1) is 6.58 Å². The van der Waals surface area contributed by atoms with Crippen molar-refractivity contribution < 1.29 is 28.6 Å². The normalized spacial score (nSPS) is 15.2. The summed E-state index contributed by atoms with van der Waals surface area (Å²) < 4.78 is 18.2. The molecule has 0 saturated carbocycles. The lowest BCUT2D eigenvalue weighted by atomic mass is 10.0. The second-order valence-corrected chi connectivity index (χ2v) is 10.1. The predicted octanol–water partition coefficient (Wildman–Crippen LogP) is 5.99. The van der Waals surface area contributed by atoms with Gasteiger partial charge in [0.15, 0.2) is 11.5 Å². The molecule has 190 valence electrons. The summed E-state index contributed by atoms with van der Waals surface area (Å²) in [6.07, 6.45) is 3.91. The Bertz CT molecular complexity index is 1180. The molecule has 0 radical (unpaired) electrons. The highest BCUT2D eigenvalue weighted by Gasteiger charge is 2.41. The van der Waals surface area contributed by atoms with E-state index in [-0.39, 0.29) is 11.5 Å². The number of carbonyl (C=O) groups is 3. The number of amides is 2. The fourth-order valence-electron chi connectivity index (χ4n) is 3.57. The summed E-state index contributed by atoms with van der Waals surface area (Å²) in [7, 11) is 0. The minimum Gasteiger partial charge on any atom is -0.490 e. The van der Waals surface area contributed by atoms with Crippen molar-refractivity contribution in [3.63, 3.8) is 0 Å². The number of nitrogens with zero attached hydrogens (tertiary/aromatic N) is 1. The van der Waals surface area contributed by atoms with Gasteiger partial charge in [0.05, 0.1) is 18.1 Å². The van der Waals surface area contributed by atoms with Gasteiger partial charge in [0.25, 0.3) is 11.1 Å². The van der Waals surface area contributed by atoms with E-state index < -0.39 is 23.2 Å². The number of thioether (sulfide) groups is 1. The maximum Gasteiger partial charge on any atom is 0.329 e. The van der Waals surface area contributed by atoms with Crippen molar-refractivity contribution in [1.82, 2.24) is 4.90 Å². The Morgan fingerprint density at radius 1 is 1.14 bits per heavy atom. The van der Waals surface area contributed by atoms with Crippen LogP contribution < -0.4 is 9.47 Å². The Morgan fingerprint density at radius 3 is 2.50 bits per heavy atom. The second kappa shape index (κ2) is 13.0. The predicted molar refractivity (Wildman–Crippen MR) is 149 cm³/mol. The highest BCUT2D eigenvalue weighted by Crippen LogP contribution is 2.38. The molecule has 1 fully saturated rings. The fourth-order valence-corrected chi connectivity index (χ4v) is 4.84. The number of halogens is 1. The number of rotatable bonds is 11. The average molecular weight is 621 g/mol. The molecule has 36 heavy (non-hydrogen) atoms. The zero-order chi connectivity index (χ0) is 26.2. The van der Waals surface area contributed by atoms with Crippen LogP contribution in [0.1, 0.15) is 37.5 Å². The standard InChI is InChI=1S/C27H28INO6S/c1-5-8-20-13-19(15-23-25(30)29(27(32)36-23)17(4)26(31)34-7-3)14-22(33-6-2)24(20)35-16-18-9-11-21(28)12-10-18/h5,9-15,17H,1,6-8,16H2,2-4H3/b23-15+/t17-/m0/s1. The van der Waals surface area contributed by atoms with Crippen molar-refractivity contribution in [2.24, 2.45) is 0 Å². The Balaban J connectivity index is 1.92. The van der Waals surface area contributed by atoms with Crippen molar-refractivity contribution >= 4 is 57.5 Å². The molecule has 3 rings (SSSR count). The van der Waals surface area contributed by atoms with Crippen molar-refractivity contribution in [3.8, 4) is 11.5 Å². The van der Waals surface area contributed by atoms with Gasteiger partial charge in [-0.3, -0.25) is 14.5 Å². The van der Waals surface area contributed by atoms with E-state index in [0.717, 1.165) is 31.4 Å². The lowest BCUT2D eigenvalue weighted by molar-refractivity contribution is -0.150. The molecule has 2 aromatic carbocycles. The van der Waals surface area contributed by atoms with E-state index in [1.807, 2.05) is 37.3 Å². The van der Waals surface area contributed by atoms with Crippen LogP contribution in [0.15, 0.2) is 54.0 Å². The monoisotopic (exact) mass is 621 g/mol. The molecule has 0 aromatic heterocycles. The van der Waals surface area contributed by atoms with Crippen LogP contribution in [-0.4, -0.2) is 41.3 Å². The zero-order valence-corrected chi connectivity index (χ0v) is 23.4. The molecule has 0 unspecified atom stereocenters. The molecule has 7 nitrogen and oxygen atoms in total. The Labute approximate surface area is 229 Å². The zero-order valence-electron chi connectivity index (χ0n) is 20.4. The van der Waals surface area contributed by atoms with Crippen molar-refractivity contribution in [2.45, 2.75) is 39.8 Å². The first-order valence-electron chi connectivity index (χ1n) is 11.5. The smallest absolute Gasteiger partial charge is 0.329 e. The van der Waals surface area contributed by atoms with Gasteiger partial charge in [0.2, 0.25) is 0 Å².